The highest BCUT2D eigenvalue weighted by Gasteiger charge is 2.60. The molecule has 0 aliphatic heterocycles. The number of hydrogen-bond donors (Lipinski definition) is 1. The second-order valence-electron chi connectivity index (χ2n) is 9.87. The molecule has 0 aromatic heterocycles. The van der Waals surface area contributed by atoms with E-state index in [1.807, 2.05) is 6.92 Å². The summed E-state index contributed by atoms with van der Waals surface area (Å²) >= 11 is 0. The summed E-state index contributed by atoms with van der Waals surface area (Å²) in [7, 11) is 0. The molecule has 0 aromatic carbocycles. The van der Waals surface area contributed by atoms with Crippen molar-refractivity contribution in [1.29, 1.82) is 0 Å². The van der Waals surface area contributed by atoms with Gasteiger partial charge in [0.25, 0.3) is 0 Å². The van der Waals surface area contributed by atoms with Crippen molar-refractivity contribution in [3.63, 3.8) is 0 Å². The predicted octanol–water partition coefficient (Wildman–Crippen LogP) is 4.84. The molecule has 4 aliphatic rings. The quantitative estimate of drug-likeness (QED) is 0.750. The Bertz CT molecular complexity index is 506. The molecule has 0 saturated heterocycles. The molecule has 4 saturated carbocycles. The van der Waals surface area contributed by atoms with Crippen LogP contribution in [-0.2, 0) is 4.79 Å². The van der Waals surface area contributed by atoms with Crippen molar-refractivity contribution in [1.82, 2.24) is 0 Å². The summed E-state index contributed by atoms with van der Waals surface area (Å²) in [6.07, 6.45) is 10.9. The normalized spacial score (nSPS) is 55.7. The lowest BCUT2D eigenvalue weighted by Crippen LogP contribution is -2.54. The summed E-state index contributed by atoms with van der Waals surface area (Å²) < 4.78 is 0. The fraction of sp³-hybridized carbons (Fsp3) is 0.952. The number of rotatable bonds is 1. The zero-order valence-electron chi connectivity index (χ0n) is 15.2. The van der Waals surface area contributed by atoms with Gasteiger partial charge in [-0.2, -0.15) is 0 Å². The van der Waals surface area contributed by atoms with Gasteiger partial charge in [0.2, 0.25) is 0 Å². The van der Waals surface area contributed by atoms with Crippen LogP contribution in [0.25, 0.3) is 0 Å². The molecule has 2 heteroatoms. The molecule has 23 heavy (non-hydrogen) atoms. The van der Waals surface area contributed by atoms with E-state index in [-0.39, 0.29) is 12.9 Å². The molecule has 0 amide bonds. The first-order valence-corrected chi connectivity index (χ1v) is 10.0. The van der Waals surface area contributed by atoms with Crippen molar-refractivity contribution in [2.45, 2.75) is 84.7 Å². The van der Waals surface area contributed by atoms with E-state index in [2.05, 4.69) is 13.8 Å². The lowest BCUT2D eigenvalue weighted by atomic mass is 9.44. The van der Waals surface area contributed by atoms with Gasteiger partial charge in [0.05, 0.1) is 6.10 Å². The van der Waals surface area contributed by atoms with Crippen LogP contribution in [0.2, 0.25) is 0 Å². The molecule has 4 rings (SSSR count). The number of aliphatic hydroxyl groups is 1. The van der Waals surface area contributed by atoms with Crippen molar-refractivity contribution in [3.05, 3.63) is 0 Å². The number of ketones is 1. The molecule has 4 fully saturated rings. The second-order valence-corrected chi connectivity index (χ2v) is 9.87. The summed E-state index contributed by atoms with van der Waals surface area (Å²) in [5.74, 6) is 3.97. The molecule has 0 radical (unpaired) electrons. The standard InChI is InChI=1S/C21H34O2.H2/c1-13(22)17-6-7-18-16-5-4-14-12-15(23)8-10-20(14,2)19(16)9-11-21(17,18)3;/h14-19,23H,4-12H2,1-3H3;1H/t14?,15-,16?,17+,18?,19?,20-,21+;/m0./s1. The minimum Gasteiger partial charge on any atom is -0.393 e. The summed E-state index contributed by atoms with van der Waals surface area (Å²) in [6.45, 7) is 6.80. The highest BCUT2D eigenvalue weighted by Crippen LogP contribution is 2.67. The zero-order chi connectivity index (χ0) is 16.4. The van der Waals surface area contributed by atoms with Crippen LogP contribution in [0.15, 0.2) is 0 Å². The Kier molecular flexibility index (Phi) is 3.72. The maximum atomic E-state index is 12.2. The molecule has 132 valence electrons. The third-order valence-corrected chi connectivity index (χ3v) is 9.13. The van der Waals surface area contributed by atoms with Crippen LogP contribution in [0.5, 0.6) is 0 Å². The van der Waals surface area contributed by atoms with Crippen molar-refractivity contribution in [3.8, 4) is 0 Å². The highest BCUT2D eigenvalue weighted by molar-refractivity contribution is 5.79. The Morgan fingerprint density at radius 1 is 0.957 bits per heavy atom. The third kappa shape index (κ3) is 2.19. The Labute approximate surface area is 142 Å². The van der Waals surface area contributed by atoms with Gasteiger partial charge >= 0.3 is 0 Å². The van der Waals surface area contributed by atoms with Gasteiger partial charge in [-0.1, -0.05) is 13.8 Å². The van der Waals surface area contributed by atoms with Crippen LogP contribution in [0, 0.1) is 40.4 Å². The summed E-state index contributed by atoms with van der Waals surface area (Å²) in [4.78, 5) is 12.2. The van der Waals surface area contributed by atoms with Crippen LogP contribution < -0.4 is 0 Å². The van der Waals surface area contributed by atoms with Crippen LogP contribution >= 0.6 is 0 Å². The van der Waals surface area contributed by atoms with Crippen molar-refractivity contribution >= 4 is 5.78 Å². The van der Waals surface area contributed by atoms with E-state index < -0.39 is 0 Å². The fourth-order valence-corrected chi connectivity index (χ4v) is 7.90. The maximum Gasteiger partial charge on any atom is 0.133 e. The van der Waals surface area contributed by atoms with Crippen molar-refractivity contribution in [2.24, 2.45) is 40.4 Å². The molecule has 0 bridgehead atoms. The second kappa shape index (κ2) is 5.31. The number of carbonyl (C=O) groups is 1. The lowest BCUT2D eigenvalue weighted by Gasteiger charge is -2.60. The first kappa shape index (κ1) is 16.1. The molecule has 2 nitrogen and oxygen atoms in total. The van der Waals surface area contributed by atoms with E-state index >= 15 is 0 Å². The zero-order valence-corrected chi connectivity index (χ0v) is 15.2. The molecular weight excluding hydrogens is 284 g/mol. The van der Waals surface area contributed by atoms with E-state index in [0.29, 0.717) is 17.1 Å². The van der Waals surface area contributed by atoms with E-state index in [1.165, 1.54) is 38.5 Å². The molecule has 4 aliphatic carbocycles. The van der Waals surface area contributed by atoms with Crippen LogP contribution in [-0.4, -0.2) is 17.0 Å². The minimum absolute atomic E-state index is 0. The van der Waals surface area contributed by atoms with E-state index in [9.17, 15) is 9.90 Å². The van der Waals surface area contributed by atoms with Gasteiger partial charge in [-0.15, -0.1) is 0 Å². The molecule has 8 atom stereocenters. The van der Waals surface area contributed by atoms with Crippen molar-refractivity contribution < 1.29 is 11.3 Å². The lowest BCUT2D eigenvalue weighted by molar-refractivity contribution is -0.138. The Morgan fingerprint density at radius 2 is 1.65 bits per heavy atom. The molecule has 1 N–H and O–H groups in total. The SMILES string of the molecule is CC(=O)[C@H]1CCC2C3CCC4C[C@@H](O)CC[C@]4(C)C3CC[C@@]21C.[HH]. The summed E-state index contributed by atoms with van der Waals surface area (Å²) in [5.41, 5.74) is 0.738. The van der Waals surface area contributed by atoms with Crippen LogP contribution in [0.3, 0.4) is 0 Å². The fourth-order valence-electron chi connectivity index (χ4n) is 7.90. The van der Waals surface area contributed by atoms with E-state index in [1.54, 1.807) is 0 Å². The van der Waals surface area contributed by atoms with Gasteiger partial charge in [0.15, 0.2) is 0 Å². The Morgan fingerprint density at radius 3 is 2.39 bits per heavy atom. The maximum absolute atomic E-state index is 12.2. The predicted molar refractivity (Wildman–Crippen MR) is 94.0 cm³/mol. The average molecular weight is 321 g/mol. The number of carbonyl (C=O) groups excluding carboxylic acids is 1. The molecule has 4 unspecified atom stereocenters. The van der Waals surface area contributed by atoms with Gasteiger partial charge in [0.1, 0.15) is 5.78 Å². The van der Waals surface area contributed by atoms with Crippen LogP contribution in [0.4, 0.5) is 0 Å². The number of Topliss-reactive ketones (excluding diaryl/α,β-unsaturated/α-hetero) is 1. The first-order valence-electron chi connectivity index (χ1n) is 10.0. The summed E-state index contributed by atoms with van der Waals surface area (Å²) in [5, 5.41) is 10.1. The number of fused-ring (bicyclic) bond motifs is 5. The average Bonchev–Trinajstić information content (AvgIpc) is 2.85. The minimum atomic E-state index is -0.0490. The first-order chi connectivity index (χ1) is 10.9. The van der Waals surface area contributed by atoms with E-state index in [4.69, 9.17) is 0 Å². The van der Waals surface area contributed by atoms with Crippen molar-refractivity contribution in [2.75, 3.05) is 0 Å². The number of aliphatic hydroxyl groups excluding tert-OH is 1. The third-order valence-electron chi connectivity index (χ3n) is 9.13. The Balaban J connectivity index is 0.00000169. The van der Waals surface area contributed by atoms with Gasteiger partial charge in [-0.3, -0.25) is 4.79 Å². The van der Waals surface area contributed by atoms with Gasteiger partial charge in [-0.05, 0) is 99.2 Å². The Hall–Kier alpha value is -0.370. The molecule has 0 spiro atoms. The topological polar surface area (TPSA) is 37.3 Å². The monoisotopic (exact) mass is 320 g/mol. The van der Waals surface area contributed by atoms with Gasteiger partial charge in [0, 0.05) is 7.34 Å². The summed E-state index contributed by atoms with van der Waals surface area (Å²) in [6, 6.07) is 0. The largest absolute Gasteiger partial charge is 0.393 e. The molecular formula is C21H36O2. The number of hydrogen-bond acceptors (Lipinski definition) is 2. The highest BCUT2D eigenvalue weighted by atomic mass is 16.3. The molecule has 0 heterocycles. The van der Waals surface area contributed by atoms with E-state index in [0.717, 1.165) is 42.9 Å². The van der Waals surface area contributed by atoms with Gasteiger partial charge < -0.3 is 5.11 Å². The molecule has 0 aromatic rings. The van der Waals surface area contributed by atoms with Gasteiger partial charge in [-0.25, -0.2) is 0 Å². The van der Waals surface area contributed by atoms with Crippen LogP contribution in [0.1, 0.15) is 80.0 Å². The smallest absolute Gasteiger partial charge is 0.133 e.